The van der Waals surface area contributed by atoms with Crippen molar-refractivity contribution in [3.8, 4) is 11.5 Å². The van der Waals surface area contributed by atoms with Crippen molar-refractivity contribution in [1.82, 2.24) is 4.90 Å². The molecule has 0 aliphatic rings. The van der Waals surface area contributed by atoms with Crippen LogP contribution < -0.4 is 14.8 Å². The van der Waals surface area contributed by atoms with Crippen LogP contribution in [0.4, 0.5) is 10.1 Å². The second-order valence-corrected chi connectivity index (χ2v) is 7.47. The molecule has 32 heavy (non-hydrogen) atoms. The summed E-state index contributed by atoms with van der Waals surface area (Å²) >= 11 is 0. The molecule has 0 radical (unpaired) electrons. The number of anilines is 1. The van der Waals surface area contributed by atoms with Gasteiger partial charge in [-0.2, -0.15) is 0 Å². The van der Waals surface area contributed by atoms with E-state index in [1.807, 2.05) is 42.2 Å². The third-order valence-corrected chi connectivity index (χ3v) is 5.41. The van der Waals surface area contributed by atoms with Gasteiger partial charge in [-0.1, -0.05) is 31.2 Å². The van der Waals surface area contributed by atoms with Gasteiger partial charge in [0, 0.05) is 23.4 Å². The number of fused-ring (bicyclic) bond motifs is 3. The van der Waals surface area contributed by atoms with E-state index in [9.17, 15) is 9.18 Å². The zero-order chi connectivity index (χ0) is 22.7. The molecule has 0 saturated heterocycles. The summed E-state index contributed by atoms with van der Waals surface area (Å²) in [4.78, 5) is 14.7. The Kier molecular flexibility index (Phi) is 6.28. The first-order valence-corrected chi connectivity index (χ1v) is 10.4. The fourth-order valence-electron chi connectivity index (χ4n) is 3.76. The molecule has 0 fully saturated rings. The van der Waals surface area contributed by atoms with E-state index in [2.05, 4.69) is 5.32 Å². The van der Waals surface area contributed by atoms with Gasteiger partial charge in [0.05, 0.1) is 26.5 Å². The molecule has 166 valence electrons. The Morgan fingerprint density at radius 2 is 1.78 bits per heavy atom. The minimum absolute atomic E-state index is 0.144. The fraction of sp³-hybridized carbons (Fsp3) is 0.240. The number of carbonyl (C=O) groups excluding carboxylic acids is 1. The molecular formula is C25H25FN2O4. The lowest BCUT2D eigenvalue weighted by molar-refractivity contribution is -0.117. The molecule has 0 aliphatic heterocycles. The van der Waals surface area contributed by atoms with Gasteiger partial charge in [-0.05, 0) is 36.4 Å². The van der Waals surface area contributed by atoms with Crippen LogP contribution in [-0.4, -0.2) is 38.1 Å². The predicted molar refractivity (Wildman–Crippen MR) is 123 cm³/mol. The summed E-state index contributed by atoms with van der Waals surface area (Å²) in [6.45, 7) is 3.16. The summed E-state index contributed by atoms with van der Waals surface area (Å²) in [5.41, 5.74) is 2.75. The zero-order valence-electron chi connectivity index (χ0n) is 18.3. The second-order valence-electron chi connectivity index (χ2n) is 7.47. The maximum absolute atomic E-state index is 14.0. The summed E-state index contributed by atoms with van der Waals surface area (Å²) in [5, 5.41) is 4.83. The van der Waals surface area contributed by atoms with Gasteiger partial charge in [-0.15, -0.1) is 0 Å². The molecule has 1 heterocycles. The van der Waals surface area contributed by atoms with Crippen LogP contribution in [0.5, 0.6) is 11.5 Å². The highest BCUT2D eigenvalue weighted by atomic mass is 19.1. The SMILES string of the molecule is CCN(CC(=O)Nc1cc2oc3ccccc3c2cc1OC)Cc1ccc(OC)c(F)c1. The monoisotopic (exact) mass is 436 g/mol. The first kappa shape index (κ1) is 21.6. The summed E-state index contributed by atoms with van der Waals surface area (Å²) in [5.74, 6) is 0.129. The molecule has 0 spiro atoms. The predicted octanol–water partition coefficient (Wildman–Crippen LogP) is 5.20. The summed E-state index contributed by atoms with van der Waals surface area (Å²) in [7, 11) is 2.99. The maximum Gasteiger partial charge on any atom is 0.238 e. The Hall–Kier alpha value is -3.58. The first-order valence-electron chi connectivity index (χ1n) is 10.4. The lowest BCUT2D eigenvalue weighted by Gasteiger charge is -2.20. The van der Waals surface area contributed by atoms with Gasteiger partial charge < -0.3 is 19.2 Å². The molecule has 1 N–H and O–H groups in total. The van der Waals surface area contributed by atoms with Crippen molar-refractivity contribution in [2.75, 3.05) is 32.6 Å². The van der Waals surface area contributed by atoms with Gasteiger partial charge in [0.15, 0.2) is 11.6 Å². The number of benzene rings is 3. The van der Waals surface area contributed by atoms with E-state index < -0.39 is 5.82 Å². The number of hydrogen-bond donors (Lipinski definition) is 1. The maximum atomic E-state index is 14.0. The van der Waals surface area contributed by atoms with Gasteiger partial charge in [0.25, 0.3) is 0 Å². The van der Waals surface area contributed by atoms with Gasteiger partial charge in [0.1, 0.15) is 16.9 Å². The van der Waals surface area contributed by atoms with Crippen LogP contribution in [0.15, 0.2) is 59.0 Å². The fourth-order valence-corrected chi connectivity index (χ4v) is 3.76. The van der Waals surface area contributed by atoms with E-state index in [0.717, 1.165) is 21.9 Å². The number of likely N-dealkylation sites (N-methyl/N-ethyl adjacent to an activating group) is 1. The molecule has 0 saturated carbocycles. The smallest absolute Gasteiger partial charge is 0.238 e. The van der Waals surface area contributed by atoms with E-state index in [1.54, 1.807) is 25.3 Å². The number of amides is 1. The normalized spacial score (nSPS) is 11.3. The Morgan fingerprint density at radius 1 is 1.00 bits per heavy atom. The Balaban J connectivity index is 1.51. The number of halogens is 1. The van der Waals surface area contributed by atoms with Crippen molar-refractivity contribution in [3.05, 3.63) is 66.0 Å². The highest BCUT2D eigenvalue weighted by Crippen LogP contribution is 2.36. The van der Waals surface area contributed by atoms with E-state index in [4.69, 9.17) is 13.9 Å². The molecule has 1 amide bonds. The number of nitrogens with zero attached hydrogens (tertiary/aromatic N) is 1. The lowest BCUT2D eigenvalue weighted by Crippen LogP contribution is -2.32. The van der Waals surface area contributed by atoms with Crippen molar-refractivity contribution >= 4 is 33.5 Å². The van der Waals surface area contributed by atoms with E-state index in [1.165, 1.54) is 13.2 Å². The molecular weight excluding hydrogens is 411 g/mol. The molecule has 0 atom stereocenters. The highest BCUT2D eigenvalue weighted by Gasteiger charge is 2.16. The van der Waals surface area contributed by atoms with Crippen LogP contribution in [0.2, 0.25) is 0 Å². The molecule has 0 unspecified atom stereocenters. The average molecular weight is 436 g/mol. The van der Waals surface area contributed by atoms with E-state index in [-0.39, 0.29) is 18.2 Å². The largest absolute Gasteiger partial charge is 0.495 e. The van der Waals surface area contributed by atoms with Crippen LogP contribution in [0, 0.1) is 5.82 Å². The number of carbonyl (C=O) groups is 1. The molecule has 4 rings (SSSR count). The minimum atomic E-state index is -0.422. The van der Waals surface area contributed by atoms with Crippen LogP contribution in [0.3, 0.4) is 0 Å². The van der Waals surface area contributed by atoms with E-state index >= 15 is 0 Å². The van der Waals surface area contributed by atoms with Gasteiger partial charge in [-0.3, -0.25) is 9.69 Å². The number of rotatable bonds is 8. The van der Waals surface area contributed by atoms with Crippen molar-refractivity contribution in [2.45, 2.75) is 13.5 Å². The van der Waals surface area contributed by atoms with Gasteiger partial charge in [0.2, 0.25) is 5.91 Å². The van der Waals surface area contributed by atoms with Crippen molar-refractivity contribution in [1.29, 1.82) is 0 Å². The molecule has 1 aromatic heterocycles. The van der Waals surface area contributed by atoms with Crippen molar-refractivity contribution in [3.63, 3.8) is 0 Å². The minimum Gasteiger partial charge on any atom is -0.495 e. The third-order valence-electron chi connectivity index (χ3n) is 5.41. The van der Waals surface area contributed by atoms with Gasteiger partial charge in [-0.25, -0.2) is 4.39 Å². The molecule has 0 aliphatic carbocycles. The van der Waals surface area contributed by atoms with Crippen LogP contribution in [-0.2, 0) is 11.3 Å². The molecule has 6 nitrogen and oxygen atoms in total. The number of ether oxygens (including phenoxy) is 2. The molecule has 4 aromatic rings. The molecule has 7 heteroatoms. The Morgan fingerprint density at radius 3 is 2.50 bits per heavy atom. The third kappa shape index (κ3) is 4.38. The number of para-hydroxylation sites is 1. The summed E-state index contributed by atoms with van der Waals surface area (Å²) in [6.07, 6.45) is 0. The van der Waals surface area contributed by atoms with Gasteiger partial charge >= 0.3 is 0 Å². The van der Waals surface area contributed by atoms with Crippen LogP contribution >= 0.6 is 0 Å². The topological polar surface area (TPSA) is 63.9 Å². The lowest BCUT2D eigenvalue weighted by atomic mass is 10.1. The Labute approximate surface area is 185 Å². The number of furan rings is 1. The Bertz CT molecular complexity index is 1270. The zero-order valence-corrected chi connectivity index (χ0v) is 18.3. The van der Waals surface area contributed by atoms with Crippen molar-refractivity contribution < 1.29 is 23.1 Å². The number of hydrogen-bond acceptors (Lipinski definition) is 5. The second kappa shape index (κ2) is 9.28. The summed E-state index contributed by atoms with van der Waals surface area (Å²) in [6, 6.07) is 16.2. The average Bonchev–Trinajstić information content (AvgIpc) is 3.15. The number of methoxy groups -OCH3 is 2. The molecule has 3 aromatic carbocycles. The summed E-state index contributed by atoms with van der Waals surface area (Å²) < 4.78 is 30.4. The van der Waals surface area contributed by atoms with Crippen LogP contribution in [0.1, 0.15) is 12.5 Å². The van der Waals surface area contributed by atoms with Crippen molar-refractivity contribution in [2.24, 2.45) is 0 Å². The quantitative estimate of drug-likeness (QED) is 0.411. The van der Waals surface area contributed by atoms with Crippen LogP contribution in [0.25, 0.3) is 21.9 Å². The van der Waals surface area contributed by atoms with E-state index in [0.29, 0.717) is 30.1 Å². The molecule has 0 bridgehead atoms. The first-order chi connectivity index (χ1) is 15.5. The standard InChI is InChI=1S/C25H25FN2O4/c1-4-28(14-16-9-10-22(30-2)19(26)11-16)15-25(29)27-20-13-23-18(12-24(20)31-3)17-7-5-6-8-21(17)32-23/h5-13H,4,14-15H2,1-3H3,(H,27,29). The highest BCUT2D eigenvalue weighted by molar-refractivity contribution is 6.07. The number of nitrogens with one attached hydrogen (secondary N) is 1.